The molecular formula is C9H10N4. The Balaban J connectivity index is 2.64. The number of hydrogen-bond donors (Lipinski definition) is 0. The van der Waals surface area contributed by atoms with Crippen molar-refractivity contribution in [2.24, 2.45) is 5.10 Å². The first-order chi connectivity index (χ1) is 6.33. The van der Waals surface area contributed by atoms with Gasteiger partial charge in [0, 0.05) is 24.6 Å². The molecule has 0 N–H and O–H groups in total. The van der Waals surface area contributed by atoms with Crippen molar-refractivity contribution in [2.75, 3.05) is 12.1 Å². The molecule has 0 spiro atoms. The van der Waals surface area contributed by atoms with Crippen LogP contribution >= 0.6 is 0 Å². The molecule has 4 heteroatoms. The summed E-state index contributed by atoms with van der Waals surface area (Å²) in [6, 6.07) is 0. The third kappa shape index (κ3) is 1.21. The van der Waals surface area contributed by atoms with Gasteiger partial charge in [0.2, 0.25) is 0 Å². The number of anilines is 1. The third-order valence-corrected chi connectivity index (χ3v) is 2.00. The van der Waals surface area contributed by atoms with Crippen LogP contribution in [0.5, 0.6) is 0 Å². The van der Waals surface area contributed by atoms with Crippen molar-refractivity contribution in [1.82, 2.24) is 9.97 Å². The Morgan fingerprint density at radius 3 is 3.08 bits per heavy atom. The molecule has 1 aliphatic rings. The first-order valence-electron chi connectivity index (χ1n) is 4.20. The van der Waals surface area contributed by atoms with Crippen LogP contribution in [0.3, 0.4) is 0 Å². The maximum atomic E-state index is 4.19. The predicted molar refractivity (Wildman–Crippen MR) is 51.7 cm³/mol. The first kappa shape index (κ1) is 7.95. The highest BCUT2D eigenvalue weighted by Crippen LogP contribution is 2.21. The van der Waals surface area contributed by atoms with E-state index in [0.717, 1.165) is 23.5 Å². The van der Waals surface area contributed by atoms with Gasteiger partial charge >= 0.3 is 0 Å². The SMILES string of the molecule is CCc1ncnc2c1C=C=NN2C. The van der Waals surface area contributed by atoms with Crippen molar-refractivity contribution in [1.29, 1.82) is 0 Å². The molecule has 1 aliphatic heterocycles. The summed E-state index contributed by atoms with van der Waals surface area (Å²) in [4.78, 5) is 8.35. The molecule has 0 radical (unpaired) electrons. The fourth-order valence-electron chi connectivity index (χ4n) is 1.34. The zero-order valence-electron chi connectivity index (χ0n) is 7.65. The monoisotopic (exact) mass is 174 g/mol. The van der Waals surface area contributed by atoms with Gasteiger partial charge in [-0.05, 0) is 6.42 Å². The minimum absolute atomic E-state index is 0.852. The van der Waals surface area contributed by atoms with E-state index in [4.69, 9.17) is 0 Å². The van der Waals surface area contributed by atoms with Gasteiger partial charge in [0.05, 0.1) is 5.69 Å². The molecule has 0 bridgehead atoms. The highest BCUT2D eigenvalue weighted by atomic mass is 15.5. The van der Waals surface area contributed by atoms with Crippen LogP contribution in [0.4, 0.5) is 5.82 Å². The highest BCUT2D eigenvalue weighted by molar-refractivity contribution is 5.86. The maximum Gasteiger partial charge on any atom is 0.160 e. The van der Waals surface area contributed by atoms with Crippen LogP contribution in [0.15, 0.2) is 11.4 Å². The van der Waals surface area contributed by atoms with Gasteiger partial charge in [-0.25, -0.2) is 15.0 Å². The van der Waals surface area contributed by atoms with Crippen LogP contribution < -0.4 is 5.01 Å². The van der Waals surface area contributed by atoms with E-state index >= 15 is 0 Å². The first-order valence-corrected chi connectivity index (χ1v) is 4.20. The minimum Gasteiger partial charge on any atom is -0.242 e. The minimum atomic E-state index is 0.852. The lowest BCUT2D eigenvalue weighted by molar-refractivity contribution is 0.923. The van der Waals surface area contributed by atoms with E-state index in [0.29, 0.717) is 0 Å². The summed E-state index contributed by atoms with van der Waals surface area (Å²) in [5.74, 6) is 3.66. The molecule has 13 heavy (non-hydrogen) atoms. The largest absolute Gasteiger partial charge is 0.242 e. The van der Waals surface area contributed by atoms with Gasteiger partial charge in [-0.3, -0.25) is 0 Å². The molecule has 0 amide bonds. The molecule has 2 rings (SSSR count). The van der Waals surface area contributed by atoms with Crippen LogP contribution in [-0.4, -0.2) is 22.9 Å². The molecule has 1 aromatic rings. The normalized spacial score (nSPS) is 13.2. The standard InChI is InChI=1S/C9H10N4/c1-3-8-7-4-5-12-13(2)9(7)11-6-10-8/h4,6H,3H2,1-2H3. The number of hydrogen-bond acceptors (Lipinski definition) is 4. The smallest absolute Gasteiger partial charge is 0.160 e. The Hall–Kier alpha value is -1.67. The predicted octanol–water partition coefficient (Wildman–Crippen LogP) is 1.09. The fraction of sp³-hybridized carbons (Fsp3) is 0.333. The number of rotatable bonds is 1. The summed E-state index contributed by atoms with van der Waals surface area (Å²) in [7, 11) is 1.85. The molecule has 0 unspecified atom stereocenters. The van der Waals surface area contributed by atoms with Crippen LogP contribution in [0, 0.1) is 0 Å². The van der Waals surface area contributed by atoms with Crippen molar-refractivity contribution in [3.63, 3.8) is 0 Å². The lowest BCUT2D eigenvalue weighted by atomic mass is 10.1. The number of fused-ring (bicyclic) bond motifs is 1. The molecular weight excluding hydrogens is 164 g/mol. The number of hydrazone groups is 1. The molecule has 66 valence electrons. The molecule has 0 aliphatic carbocycles. The van der Waals surface area contributed by atoms with Gasteiger partial charge in [-0.2, -0.15) is 0 Å². The van der Waals surface area contributed by atoms with Crippen LogP contribution in [0.1, 0.15) is 18.2 Å². The highest BCUT2D eigenvalue weighted by Gasteiger charge is 2.12. The van der Waals surface area contributed by atoms with E-state index in [1.807, 2.05) is 13.1 Å². The summed E-state index contributed by atoms with van der Waals surface area (Å²) in [6.07, 6.45) is 4.30. The second kappa shape index (κ2) is 2.99. The molecule has 2 heterocycles. The Kier molecular flexibility index (Phi) is 1.83. The van der Waals surface area contributed by atoms with Gasteiger partial charge < -0.3 is 0 Å². The molecule has 4 nitrogen and oxygen atoms in total. The van der Waals surface area contributed by atoms with Crippen LogP contribution in [-0.2, 0) is 6.42 Å². The van der Waals surface area contributed by atoms with Gasteiger partial charge in [0.1, 0.15) is 6.33 Å². The van der Waals surface area contributed by atoms with Gasteiger partial charge in [0.25, 0.3) is 0 Å². The number of aryl methyl sites for hydroxylation is 1. The van der Waals surface area contributed by atoms with Crippen molar-refractivity contribution in [3.8, 4) is 0 Å². The van der Waals surface area contributed by atoms with Crippen molar-refractivity contribution >= 4 is 17.8 Å². The second-order valence-electron chi connectivity index (χ2n) is 2.81. The van der Waals surface area contributed by atoms with E-state index in [1.54, 1.807) is 11.3 Å². The van der Waals surface area contributed by atoms with Crippen LogP contribution in [0.2, 0.25) is 0 Å². The van der Waals surface area contributed by atoms with E-state index in [1.165, 1.54) is 0 Å². The van der Waals surface area contributed by atoms with Gasteiger partial charge in [0.15, 0.2) is 5.82 Å². The Morgan fingerprint density at radius 2 is 2.31 bits per heavy atom. The summed E-state index contributed by atoms with van der Waals surface area (Å²) >= 11 is 0. The van der Waals surface area contributed by atoms with E-state index < -0.39 is 0 Å². The maximum absolute atomic E-state index is 4.19. The molecule has 0 aromatic carbocycles. The second-order valence-corrected chi connectivity index (χ2v) is 2.81. The zero-order chi connectivity index (χ0) is 9.26. The molecule has 0 atom stereocenters. The van der Waals surface area contributed by atoms with E-state index in [9.17, 15) is 0 Å². The Morgan fingerprint density at radius 1 is 1.46 bits per heavy atom. The average molecular weight is 174 g/mol. The zero-order valence-corrected chi connectivity index (χ0v) is 7.65. The Labute approximate surface area is 76.6 Å². The van der Waals surface area contributed by atoms with Gasteiger partial charge in [-0.1, -0.05) is 6.92 Å². The fourth-order valence-corrected chi connectivity index (χ4v) is 1.34. The lowest BCUT2D eigenvalue weighted by Crippen LogP contribution is -2.15. The average Bonchev–Trinajstić information content (AvgIpc) is 2.18. The van der Waals surface area contributed by atoms with Crippen molar-refractivity contribution in [3.05, 3.63) is 17.6 Å². The topological polar surface area (TPSA) is 41.4 Å². The number of aromatic nitrogens is 2. The molecule has 0 saturated carbocycles. The quantitative estimate of drug-likeness (QED) is 0.639. The summed E-state index contributed by atoms with van der Waals surface area (Å²) in [6.45, 7) is 2.07. The van der Waals surface area contributed by atoms with Gasteiger partial charge in [-0.15, -0.1) is 5.10 Å². The molecule has 0 fully saturated rings. The van der Waals surface area contributed by atoms with Crippen molar-refractivity contribution in [2.45, 2.75) is 13.3 Å². The Bertz CT molecular complexity index is 391. The number of nitrogens with zero attached hydrogens (tertiary/aromatic N) is 4. The van der Waals surface area contributed by atoms with Crippen molar-refractivity contribution < 1.29 is 0 Å². The molecule has 1 aromatic heterocycles. The van der Waals surface area contributed by atoms with Crippen LogP contribution in [0.25, 0.3) is 6.08 Å². The van der Waals surface area contributed by atoms with E-state index in [-0.39, 0.29) is 0 Å². The summed E-state index contributed by atoms with van der Waals surface area (Å²) in [5.41, 5.74) is 2.07. The van der Waals surface area contributed by atoms with E-state index in [2.05, 4.69) is 27.9 Å². The summed E-state index contributed by atoms with van der Waals surface area (Å²) < 4.78 is 0. The third-order valence-electron chi connectivity index (χ3n) is 2.00. The summed E-state index contributed by atoms with van der Waals surface area (Å²) in [5, 5.41) is 5.69. The lowest BCUT2D eigenvalue weighted by Gasteiger charge is -2.16. The molecule has 0 saturated heterocycles.